The lowest BCUT2D eigenvalue weighted by Gasteiger charge is -2.29. The van der Waals surface area contributed by atoms with Gasteiger partial charge in [-0.15, -0.1) is 10.2 Å². The minimum atomic E-state index is -6.45. The normalized spacial score (nSPS) is 16.3. The van der Waals surface area contributed by atoms with Gasteiger partial charge in [-0.3, -0.25) is 4.40 Å². The van der Waals surface area contributed by atoms with E-state index in [1.807, 2.05) is 0 Å². The van der Waals surface area contributed by atoms with E-state index in [1.165, 1.54) is 16.7 Å². The van der Waals surface area contributed by atoms with Crippen LogP contribution in [0, 0.1) is 0 Å². The van der Waals surface area contributed by atoms with E-state index in [2.05, 4.69) is 20.2 Å². The number of rotatable bonds is 4. The summed E-state index contributed by atoms with van der Waals surface area (Å²) in [5.74, 6) is -12.2. The highest BCUT2D eigenvalue weighted by Gasteiger charge is 2.73. The van der Waals surface area contributed by atoms with Gasteiger partial charge in [0.15, 0.2) is 0 Å². The predicted molar refractivity (Wildman–Crippen MR) is 99.9 cm³/mol. The third kappa shape index (κ3) is 3.23. The molecule has 0 aromatic carbocycles. The smallest absolute Gasteiger partial charge is 0.422 e. The van der Waals surface area contributed by atoms with Gasteiger partial charge in [-0.2, -0.15) is 30.7 Å². The van der Waals surface area contributed by atoms with Gasteiger partial charge in [-0.25, -0.2) is 9.97 Å². The summed E-state index contributed by atoms with van der Waals surface area (Å²) in [5.41, 5.74) is -1.28. The number of hydrogen-bond donors (Lipinski definition) is 0. The summed E-state index contributed by atoms with van der Waals surface area (Å²) in [6, 6.07) is 2.90. The highest BCUT2D eigenvalue weighted by Crippen LogP contribution is 2.53. The molecule has 4 heterocycles. The Morgan fingerprint density at radius 2 is 1.70 bits per heavy atom. The van der Waals surface area contributed by atoms with Gasteiger partial charge in [-0.05, 0) is 31.0 Å². The van der Waals surface area contributed by atoms with Crippen LogP contribution in [0.15, 0.2) is 35.2 Å². The molecule has 0 saturated heterocycles. The molecule has 13 heteroatoms. The fourth-order valence-electron chi connectivity index (χ4n) is 4.17. The molecule has 1 aliphatic carbocycles. The Morgan fingerprint density at radius 1 is 0.970 bits per heavy atom. The maximum Gasteiger partial charge on any atom is 0.460 e. The summed E-state index contributed by atoms with van der Waals surface area (Å²) in [6.45, 7) is 0. The van der Waals surface area contributed by atoms with E-state index in [1.54, 1.807) is 0 Å². The summed E-state index contributed by atoms with van der Waals surface area (Å²) >= 11 is 0. The summed E-state index contributed by atoms with van der Waals surface area (Å²) < 4.78 is 103. The lowest BCUT2D eigenvalue weighted by molar-refractivity contribution is -0.359. The van der Waals surface area contributed by atoms with Crippen LogP contribution in [0.1, 0.15) is 42.9 Å². The number of imidazole rings is 1. The van der Waals surface area contributed by atoms with Crippen LogP contribution in [0.3, 0.4) is 0 Å². The summed E-state index contributed by atoms with van der Waals surface area (Å²) in [5, 5.41) is 6.68. The zero-order valence-electron chi connectivity index (χ0n) is 16.6. The largest absolute Gasteiger partial charge is 0.460 e. The molecule has 5 rings (SSSR count). The predicted octanol–water partition coefficient (Wildman–Crippen LogP) is 5.88. The molecule has 1 fully saturated rings. The molecule has 0 bridgehead atoms. The molecule has 1 aliphatic rings. The molecule has 0 N–H and O–H groups in total. The number of pyridine rings is 2. The third-order valence-electron chi connectivity index (χ3n) is 5.86. The van der Waals surface area contributed by atoms with Crippen molar-refractivity contribution in [3.63, 3.8) is 0 Å². The Balaban J connectivity index is 1.80. The van der Waals surface area contributed by atoms with Gasteiger partial charge >= 0.3 is 18.0 Å². The van der Waals surface area contributed by atoms with Crippen LogP contribution in [-0.2, 0) is 5.92 Å². The van der Waals surface area contributed by atoms with Crippen molar-refractivity contribution >= 4 is 16.7 Å². The molecule has 0 atom stereocenters. The quantitative estimate of drug-likeness (QED) is 0.346. The van der Waals surface area contributed by atoms with Crippen molar-refractivity contribution in [1.29, 1.82) is 0 Å². The summed E-state index contributed by atoms with van der Waals surface area (Å²) in [4.78, 5) is 8.62. The topological polar surface area (TPSA) is 69.1 Å². The molecule has 0 amide bonds. The molecule has 4 aromatic heterocycles. The summed E-state index contributed by atoms with van der Waals surface area (Å²) in [6.07, 6.45) is -1.43. The molecule has 1 saturated carbocycles. The van der Waals surface area contributed by atoms with Gasteiger partial charge in [-0.1, -0.05) is 12.8 Å². The summed E-state index contributed by atoms with van der Waals surface area (Å²) in [7, 11) is 0. The Hall–Kier alpha value is -3.25. The molecule has 0 unspecified atom stereocenters. The highest BCUT2D eigenvalue weighted by molar-refractivity contribution is 5.84. The molecular weight excluding hydrogens is 459 g/mol. The standard InChI is InChI=1S/C20H14F7N5O/c21-18(22,19(23,24)20(25,26)27)12-7-13(10-3-1-2-4-10)30-16-11(12)5-6-15-29-14(8-32(15)16)17-31-28-9-33-17/h5-10H,1-4H2. The fraction of sp³-hybridized carbons (Fsp3) is 0.400. The Morgan fingerprint density at radius 3 is 2.33 bits per heavy atom. The van der Waals surface area contributed by atoms with Crippen LogP contribution in [-0.4, -0.2) is 36.7 Å². The Kier molecular flexibility index (Phi) is 4.66. The van der Waals surface area contributed by atoms with E-state index in [0.29, 0.717) is 18.9 Å². The molecule has 0 radical (unpaired) electrons. The second kappa shape index (κ2) is 7.12. The molecule has 174 valence electrons. The molecule has 6 nitrogen and oxygen atoms in total. The molecule has 0 spiro atoms. The Bertz CT molecular complexity index is 1320. The second-order valence-corrected chi connectivity index (χ2v) is 7.89. The molecular formula is C20H14F7N5O. The van der Waals surface area contributed by atoms with Gasteiger partial charge < -0.3 is 4.42 Å². The fourth-order valence-corrected chi connectivity index (χ4v) is 4.17. The maximum atomic E-state index is 14.9. The first kappa shape index (κ1) is 21.6. The number of alkyl halides is 7. The SMILES string of the molecule is FC(F)(F)C(F)(F)C(F)(F)c1cc(C2CCCC2)nc2c1ccc1nc(-c3nnco3)cn12. The van der Waals surface area contributed by atoms with E-state index in [0.717, 1.165) is 25.3 Å². The van der Waals surface area contributed by atoms with Crippen LogP contribution in [0.4, 0.5) is 30.7 Å². The minimum Gasteiger partial charge on any atom is -0.422 e. The third-order valence-corrected chi connectivity index (χ3v) is 5.86. The number of halogens is 7. The molecule has 33 heavy (non-hydrogen) atoms. The van der Waals surface area contributed by atoms with Crippen LogP contribution in [0.5, 0.6) is 0 Å². The maximum absolute atomic E-state index is 14.9. The van der Waals surface area contributed by atoms with Crippen LogP contribution >= 0.6 is 0 Å². The van der Waals surface area contributed by atoms with Crippen molar-refractivity contribution in [3.05, 3.63) is 42.0 Å². The van der Waals surface area contributed by atoms with Gasteiger partial charge in [0.1, 0.15) is 17.0 Å². The highest BCUT2D eigenvalue weighted by atomic mass is 19.4. The number of hydrogen-bond acceptors (Lipinski definition) is 5. The van der Waals surface area contributed by atoms with Gasteiger partial charge in [0.05, 0.1) is 0 Å². The number of aromatic nitrogens is 5. The van der Waals surface area contributed by atoms with Crippen LogP contribution in [0.2, 0.25) is 0 Å². The zero-order chi connectivity index (χ0) is 23.6. The lowest BCUT2D eigenvalue weighted by atomic mass is 9.94. The first-order valence-electron chi connectivity index (χ1n) is 9.93. The van der Waals surface area contributed by atoms with Crippen LogP contribution in [0.25, 0.3) is 28.3 Å². The van der Waals surface area contributed by atoms with Crippen molar-refractivity contribution in [3.8, 4) is 11.6 Å². The van der Waals surface area contributed by atoms with Crippen molar-refractivity contribution in [2.45, 2.75) is 49.6 Å². The monoisotopic (exact) mass is 473 g/mol. The van der Waals surface area contributed by atoms with Crippen molar-refractivity contribution in [2.24, 2.45) is 0 Å². The lowest BCUT2D eigenvalue weighted by Crippen LogP contribution is -2.50. The van der Waals surface area contributed by atoms with Gasteiger partial charge in [0.2, 0.25) is 6.39 Å². The first-order chi connectivity index (χ1) is 15.5. The van der Waals surface area contributed by atoms with Crippen LogP contribution < -0.4 is 0 Å². The van der Waals surface area contributed by atoms with E-state index in [4.69, 9.17) is 4.42 Å². The number of fused-ring (bicyclic) bond motifs is 3. The van der Waals surface area contributed by atoms with Crippen molar-refractivity contribution in [1.82, 2.24) is 24.6 Å². The van der Waals surface area contributed by atoms with Gasteiger partial charge in [0.25, 0.3) is 5.89 Å². The Labute approximate surface area is 180 Å². The number of nitrogens with zero attached hydrogens (tertiary/aromatic N) is 5. The van der Waals surface area contributed by atoms with Gasteiger partial charge in [0, 0.05) is 28.8 Å². The average molecular weight is 473 g/mol. The van der Waals surface area contributed by atoms with E-state index in [-0.39, 0.29) is 34.5 Å². The van der Waals surface area contributed by atoms with Crippen molar-refractivity contribution in [2.75, 3.05) is 0 Å². The van der Waals surface area contributed by atoms with E-state index < -0.39 is 29.0 Å². The molecule has 4 aromatic rings. The van der Waals surface area contributed by atoms with E-state index >= 15 is 0 Å². The first-order valence-corrected chi connectivity index (χ1v) is 9.93. The zero-order valence-corrected chi connectivity index (χ0v) is 16.6. The minimum absolute atomic E-state index is 0.00737. The average Bonchev–Trinajstić information content (AvgIpc) is 3.53. The van der Waals surface area contributed by atoms with E-state index in [9.17, 15) is 30.7 Å². The molecule has 0 aliphatic heterocycles. The van der Waals surface area contributed by atoms with Crippen molar-refractivity contribution < 1.29 is 35.2 Å². The second-order valence-electron chi connectivity index (χ2n) is 7.89.